The molecule has 0 unspecified atom stereocenters. The van der Waals surface area contributed by atoms with Gasteiger partial charge in [0.1, 0.15) is 15.8 Å². The predicted molar refractivity (Wildman–Crippen MR) is 115 cm³/mol. The molecule has 1 fully saturated rings. The molecule has 8 nitrogen and oxygen atoms in total. The van der Waals surface area contributed by atoms with E-state index in [9.17, 15) is 19.7 Å². The summed E-state index contributed by atoms with van der Waals surface area (Å²) in [6, 6.07) is 10.5. The zero-order valence-corrected chi connectivity index (χ0v) is 16.9. The Morgan fingerprint density at radius 3 is 2.79 bits per heavy atom. The Kier molecular flexibility index (Phi) is 6.47. The number of nitrogens with one attached hydrogen (secondary N) is 2. The van der Waals surface area contributed by atoms with Crippen LogP contribution in [0.3, 0.4) is 0 Å². The second-order valence-electron chi connectivity index (χ2n) is 5.65. The molecule has 2 aromatic carbocycles. The number of hydrogen-bond acceptors (Lipinski definition) is 7. The van der Waals surface area contributed by atoms with Gasteiger partial charge in [0.25, 0.3) is 17.5 Å². The van der Waals surface area contributed by atoms with Gasteiger partial charge in [-0.25, -0.2) is 0 Å². The first-order valence-electron chi connectivity index (χ1n) is 8.04. The van der Waals surface area contributed by atoms with Crippen LogP contribution in [0.5, 0.6) is 5.75 Å². The highest BCUT2D eigenvalue weighted by molar-refractivity contribution is 8.26. The Labute approximate surface area is 179 Å². The van der Waals surface area contributed by atoms with Gasteiger partial charge >= 0.3 is 0 Å². The molecule has 0 bridgehead atoms. The largest absolute Gasteiger partial charge is 0.483 e. The molecule has 0 aromatic heterocycles. The predicted octanol–water partition coefficient (Wildman–Crippen LogP) is 3.75. The fourth-order valence-corrected chi connectivity index (χ4v) is 3.61. The summed E-state index contributed by atoms with van der Waals surface area (Å²) in [5.74, 6) is -0.604. The topological polar surface area (TPSA) is 111 Å². The number of carbonyl (C=O) groups excluding carboxylic acids is 2. The number of nitro benzene ring substituents is 1. The van der Waals surface area contributed by atoms with Crippen LogP contribution in [0.2, 0.25) is 5.02 Å². The first-order valence-corrected chi connectivity index (χ1v) is 9.64. The maximum absolute atomic E-state index is 12.2. The van der Waals surface area contributed by atoms with Crippen molar-refractivity contribution in [3.63, 3.8) is 0 Å². The van der Waals surface area contributed by atoms with Gasteiger partial charge in [-0.15, -0.1) is 0 Å². The van der Waals surface area contributed by atoms with Gasteiger partial charge in [-0.05, 0) is 30.3 Å². The van der Waals surface area contributed by atoms with Crippen LogP contribution in [0.1, 0.15) is 5.56 Å². The van der Waals surface area contributed by atoms with Crippen LogP contribution in [0.25, 0.3) is 6.08 Å². The van der Waals surface area contributed by atoms with Gasteiger partial charge in [0.05, 0.1) is 9.83 Å². The average molecular weight is 450 g/mol. The Morgan fingerprint density at radius 2 is 2.10 bits per heavy atom. The Morgan fingerprint density at radius 1 is 1.34 bits per heavy atom. The maximum Gasteiger partial charge on any atom is 0.292 e. The normalized spacial score (nSPS) is 14.6. The number of amides is 2. The van der Waals surface area contributed by atoms with Crippen LogP contribution in [-0.2, 0) is 9.59 Å². The van der Waals surface area contributed by atoms with Gasteiger partial charge in [-0.1, -0.05) is 47.7 Å². The number of carbonyl (C=O) groups is 2. The third kappa shape index (κ3) is 5.31. The third-order valence-electron chi connectivity index (χ3n) is 3.63. The van der Waals surface area contributed by atoms with Gasteiger partial charge in [0, 0.05) is 16.7 Å². The second kappa shape index (κ2) is 9.03. The highest BCUT2D eigenvalue weighted by atomic mass is 35.5. The fourth-order valence-electron chi connectivity index (χ4n) is 2.39. The molecular formula is C18H12ClN3O5S2. The number of thioether (sulfide) groups is 1. The molecule has 2 amide bonds. The lowest BCUT2D eigenvalue weighted by Crippen LogP contribution is -2.21. The summed E-state index contributed by atoms with van der Waals surface area (Å²) in [4.78, 5) is 34.9. The van der Waals surface area contributed by atoms with Crippen LogP contribution < -0.4 is 15.4 Å². The molecule has 0 spiro atoms. The number of nitro groups is 1. The summed E-state index contributed by atoms with van der Waals surface area (Å²) in [6.07, 6.45) is 1.56. The third-order valence-corrected chi connectivity index (χ3v) is 5.03. The van der Waals surface area contributed by atoms with Gasteiger partial charge in [0.15, 0.2) is 6.61 Å². The van der Waals surface area contributed by atoms with Crippen molar-refractivity contribution in [2.75, 3.05) is 11.9 Å². The number of hydrogen-bond donors (Lipinski definition) is 2. The first kappa shape index (κ1) is 20.8. The van der Waals surface area contributed by atoms with Crippen molar-refractivity contribution < 1.29 is 19.2 Å². The number of rotatable bonds is 6. The number of para-hydroxylation sites is 2. The highest BCUT2D eigenvalue weighted by Gasteiger charge is 2.23. The summed E-state index contributed by atoms with van der Waals surface area (Å²) in [5, 5.41) is 16.4. The number of thiocarbonyl (C=S) groups is 1. The molecule has 0 aliphatic carbocycles. The van der Waals surface area contributed by atoms with Crippen LogP contribution in [0, 0.1) is 10.1 Å². The fraction of sp³-hybridized carbons (Fsp3) is 0.0556. The molecule has 1 heterocycles. The van der Waals surface area contributed by atoms with Crippen LogP contribution in [0.4, 0.5) is 11.4 Å². The molecule has 1 saturated heterocycles. The second-order valence-corrected chi connectivity index (χ2v) is 7.80. The minimum atomic E-state index is -0.589. The average Bonchev–Trinajstić information content (AvgIpc) is 2.98. The van der Waals surface area contributed by atoms with E-state index in [-0.39, 0.29) is 17.3 Å². The van der Waals surface area contributed by atoms with Crippen molar-refractivity contribution >= 4 is 69.2 Å². The molecule has 0 saturated carbocycles. The number of benzene rings is 2. The van der Waals surface area contributed by atoms with E-state index in [1.165, 1.54) is 18.2 Å². The Bertz CT molecular complexity index is 1060. The van der Waals surface area contributed by atoms with E-state index < -0.39 is 17.4 Å². The smallest absolute Gasteiger partial charge is 0.292 e. The zero-order chi connectivity index (χ0) is 21.0. The molecule has 1 aliphatic rings. The molecule has 148 valence electrons. The number of ether oxygens (including phenoxy) is 1. The van der Waals surface area contributed by atoms with Crippen molar-refractivity contribution in [1.82, 2.24) is 5.32 Å². The lowest BCUT2D eigenvalue weighted by atomic mass is 10.2. The lowest BCUT2D eigenvalue weighted by Gasteiger charge is -2.11. The van der Waals surface area contributed by atoms with Crippen LogP contribution in [-0.4, -0.2) is 27.7 Å². The van der Waals surface area contributed by atoms with E-state index in [0.29, 0.717) is 25.6 Å². The van der Waals surface area contributed by atoms with Crippen molar-refractivity contribution in [1.29, 1.82) is 0 Å². The molecule has 0 atom stereocenters. The van der Waals surface area contributed by atoms with Crippen molar-refractivity contribution in [3.05, 3.63) is 68.1 Å². The van der Waals surface area contributed by atoms with E-state index in [1.54, 1.807) is 30.3 Å². The van der Waals surface area contributed by atoms with Crippen molar-refractivity contribution in [3.8, 4) is 5.75 Å². The number of nitrogens with zero attached hydrogens (tertiary/aromatic N) is 1. The van der Waals surface area contributed by atoms with E-state index in [0.717, 1.165) is 11.8 Å². The Hall–Kier alpha value is -2.95. The molecule has 1 aliphatic heterocycles. The summed E-state index contributed by atoms with van der Waals surface area (Å²) >= 11 is 12.1. The van der Waals surface area contributed by atoms with E-state index in [2.05, 4.69) is 10.6 Å². The maximum atomic E-state index is 12.2. The van der Waals surface area contributed by atoms with E-state index in [4.69, 9.17) is 28.6 Å². The molecule has 2 N–H and O–H groups in total. The van der Waals surface area contributed by atoms with Gasteiger partial charge in [-0.3, -0.25) is 19.7 Å². The molecular weight excluding hydrogens is 438 g/mol. The lowest BCUT2D eigenvalue weighted by molar-refractivity contribution is -0.383. The molecule has 29 heavy (non-hydrogen) atoms. The molecule has 3 rings (SSSR count). The summed E-state index contributed by atoms with van der Waals surface area (Å²) < 4.78 is 5.88. The van der Waals surface area contributed by atoms with E-state index >= 15 is 0 Å². The minimum Gasteiger partial charge on any atom is -0.483 e. The number of anilines is 1. The first-order chi connectivity index (χ1) is 13.8. The summed E-state index contributed by atoms with van der Waals surface area (Å²) in [6.45, 7) is -0.401. The minimum absolute atomic E-state index is 0.0667. The van der Waals surface area contributed by atoms with Gasteiger partial charge in [0.2, 0.25) is 0 Å². The zero-order valence-electron chi connectivity index (χ0n) is 14.5. The standard InChI is InChI=1S/C18H12ClN3O5S2/c19-11-5-6-14(10(7-11)8-15-17(24)21-18(28)29-15)27-9-16(23)20-12-3-1-2-4-13(12)22(25)26/h1-8H,9H2,(H,20,23)(H,21,24,28)/b15-8-. The summed E-state index contributed by atoms with van der Waals surface area (Å²) in [5.41, 5.74) is 0.327. The monoisotopic (exact) mass is 449 g/mol. The van der Waals surface area contributed by atoms with E-state index in [1.807, 2.05) is 0 Å². The quantitative estimate of drug-likeness (QED) is 0.299. The SMILES string of the molecule is O=C(COc1ccc(Cl)cc1/C=C1\SC(=S)NC1=O)Nc1ccccc1[N+](=O)[O-]. The van der Waals surface area contributed by atoms with Crippen LogP contribution >= 0.6 is 35.6 Å². The van der Waals surface area contributed by atoms with Crippen molar-refractivity contribution in [2.45, 2.75) is 0 Å². The van der Waals surface area contributed by atoms with Crippen molar-refractivity contribution in [2.24, 2.45) is 0 Å². The van der Waals surface area contributed by atoms with Gasteiger partial charge in [-0.2, -0.15) is 0 Å². The van der Waals surface area contributed by atoms with Crippen LogP contribution in [0.15, 0.2) is 47.4 Å². The molecule has 0 radical (unpaired) electrons. The highest BCUT2D eigenvalue weighted by Crippen LogP contribution is 2.31. The number of halogens is 1. The molecule has 11 heteroatoms. The van der Waals surface area contributed by atoms with Gasteiger partial charge < -0.3 is 15.4 Å². The molecule has 2 aromatic rings. The summed E-state index contributed by atoms with van der Waals surface area (Å²) in [7, 11) is 0. The Balaban J connectivity index is 1.74.